The Balaban J connectivity index is 2.05. The van der Waals surface area contributed by atoms with Crippen molar-refractivity contribution in [2.24, 2.45) is 0 Å². The smallest absolute Gasteiger partial charge is 0.224 e. The molecule has 0 spiro atoms. The van der Waals surface area contributed by atoms with Crippen molar-refractivity contribution in [3.8, 4) is 0 Å². The normalized spacial score (nSPS) is 21.3. The molecular formula is C9H12Cl2N4. The third kappa shape index (κ3) is 2.93. The molecule has 0 bridgehead atoms. The molecule has 0 aromatic carbocycles. The van der Waals surface area contributed by atoms with Gasteiger partial charge in [0, 0.05) is 12.6 Å². The number of rotatable bonds is 2. The van der Waals surface area contributed by atoms with Crippen LogP contribution >= 0.6 is 23.2 Å². The minimum Gasteiger partial charge on any atom is -0.365 e. The zero-order chi connectivity index (χ0) is 10.7. The summed E-state index contributed by atoms with van der Waals surface area (Å²) in [5.41, 5.74) is 0. The van der Waals surface area contributed by atoms with Gasteiger partial charge in [0.1, 0.15) is 10.8 Å². The Kier molecular flexibility index (Phi) is 3.61. The van der Waals surface area contributed by atoms with Crippen LogP contribution < -0.4 is 10.6 Å². The molecule has 6 heteroatoms. The Morgan fingerprint density at radius 3 is 3.07 bits per heavy atom. The van der Waals surface area contributed by atoms with Crippen molar-refractivity contribution in [3.63, 3.8) is 0 Å². The fourth-order valence-electron chi connectivity index (χ4n) is 1.62. The number of nitrogens with zero attached hydrogens (tertiary/aromatic N) is 2. The van der Waals surface area contributed by atoms with Gasteiger partial charge in [0.25, 0.3) is 0 Å². The standard InChI is InChI=1S/C9H12Cl2N4/c10-7-5-13-9(11)15-8(7)14-6-2-1-3-12-4-6/h5-6,12H,1-4H2,(H,13,14,15). The second-order valence-electron chi connectivity index (χ2n) is 3.52. The highest BCUT2D eigenvalue weighted by molar-refractivity contribution is 6.33. The van der Waals surface area contributed by atoms with Gasteiger partial charge >= 0.3 is 0 Å². The van der Waals surface area contributed by atoms with E-state index in [9.17, 15) is 0 Å². The van der Waals surface area contributed by atoms with Crippen LogP contribution in [0.2, 0.25) is 10.3 Å². The molecule has 1 aromatic rings. The fraction of sp³-hybridized carbons (Fsp3) is 0.556. The van der Waals surface area contributed by atoms with Crippen molar-refractivity contribution in [1.82, 2.24) is 15.3 Å². The molecule has 1 atom stereocenters. The van der Waals surface area contributed by atoms with Crippen molar-refractivity contribution in [3.05, 3.63) is 16.5 Å². The first-order valence-corrected chi connectivity index (χ1v) is 5.66. The molecule has 4 nitrogen and oxygen atoms in total. The SMILES string of the molecule is Clc1ncc(Cl)c(NC2CCCNC2)n1. The first-order valence-electron chi connectivity index (χ1n) is 4.91. The van der Waals surface area contributed by atoms with Gasteiger partial charge in [-0.05, 0) is 31.0 Å². The van der Waals surface area contributed by atoms with Crippen LogP contribution in [-0.2, 0) is 0 Å². The lowest BCUT2D eigenvalue weighted by atomic mass is 10.1. The summed E-state index contributed by atoms with van der Waals surface area (Å²) in [6, 6.07) is 0.363. The maximum absolute atomic E-state index is 5.95. The summed E-state index contributed by atoms with van der Waals surface area (Å²) < 4.78 is 0. The molecule has 0 saturated carbocycles. The minimum absolute atomic E-state index is 0.214. The van der Waals surface area contributed by atoms with E-state index in [2.05, 4.69) is 20.6 Å². The molecular weight excluding hydrogens is 235 g/mol. The van der Waals surface area contributed by atoms with Crippen molar-refractivity contribution in [2.75, 3.05) is 18.4 Å². The molecule has 1 aromatic heterocycles. The topological polar surface area (TPSA) is 49.8 Å². The first kappa shape index (κ1) is 10.9. The molecule has 1 saturated heterocycles. The van der Waals surface area contributed by atoms with E-state index in [1.165, 1.54) is 6.20 Å². The monoisotopic (exact) mass is 246 g/mol. The average molecular weight is 247 g/mol. The molecule has 1 unspecified atom stereocenters. The Morgan fingerprint density at radius 2 is 2.33 bits per heavy atom. The summed E-state index contributed by atoms with van der Waals surface area (Å²) in [5.74, 6) is 0.616. The van der Waals surface area contributed by atoms with E-state index < -0.39 is 0 Å². The molecule has 1 fully saturated rings. The number of nitrogens with one attached hydrogen (secondary N) is 2. The quantitative estimate of drug-likeness (QED) is 0.784. The summed E-state index contributed by atoms with van der Waals surface area (Å²) in [6.45, 7) is 2.01. The molecule has 0 radical (unpaired) electrons. The molecule has 2 rings (SSSR count). The van der Waals surface area contributed by atoms with Crippen LogP contribution in [0.25, 0.3) is 0 Å². The predicted molar refractivity (Wildman–Crippen MR) is 61.6 cm³/mol. The Hall–Kier alpha value is -0.580. The van der Waals surface area contributed by atoms with Gasteiger partial charge in [-0.3, -0.25) is 0 Å². The van der Waals surface area contributed by atoms with Gasteiger partial charge in [0.15, 0.2) is 0 Å². The molecule has 2 N–H and O–H groups in total. The summed E-state index contributed by atoms with van der Waals surface area (Å²) in [4.78, 5) is 7.85. The van der Waals surface area contributed by atoms with Crippen LogP contribution in [0.5, 0.6) is 0 Å². The highest BCUT2D eigenvalue weighted by atomic mass is 35.5. The number of hydrogen-bond donors (Lipinski definition) is 2. The third-order valence-electron chi connectivity index (χ3n) is 2.35. The molecule has 0 aliphatic carbocycles. The van der Waals surface area contributed by atoms with E-state index in [1.807, 2.05) is 0 Å². The average Bonchev–Trinajstić information content (AvgIpc) is 2.25. The van der Waals surface area contributed by atoms with Crippen LogP contribution in [0, 0.1) is 0 Å². The largest absolute Gasteiger partial charge is 0.365 e. The predicted octanol–water partition coefficient (Wildman–Crippen LogP) is 1.95. The van der Waals surface area contributed by atoms with E-state index in [0.717, 1.165) is 25.9 Å². The maximum atomic E-state index is 5.95. The zero-order valence-electron chi connectivity index (χ0n) is 8.13. The molecule has 15 heavy (non-hydrogen) atoms. The number of hydrogen-bond acceptors (Lipinski definition) is 4. The molecule has 0 amide bonds. The zero-order valence-corrected chi connectivity index (χ0v) is 9.65. The fourth-order valence-corrected chi connectivity index (χ4v) is 1.89. The Bertz CT molecular complexity index is 339. The lowest BCUT2D eigenvalue weighted by Gasteiger charge is -2.24. The van der Waals surface area contributed by atoms with Crippen molar-refractivity contribution < 1.29 is 0 Å². The van der Waals surface area contributed by atoms with E-state index in [0.29, 0.717) is 16.9 Å². The summed E-state index contributed by atoms with van der Waals surface area (Å²) in [5, 5.41) is 7.29. The Morgan fingerprint density at radius 1 is 1.47 bits per heavy atom. The minimum atomic E-state index is 0.214. The van der Waals surface area contributed by atoms with Gasteiger partial charge < -0.3 is 10.6 Å². The third-order valence-corrected chi connectivity index (χ3v) is 2.81. The first-order chi connectivity index (χ1) is 7.25. The van der Waals surface area contributed by atoms with E-state index >= 15 is 0 Å². The Labute approximate surface area is 98.4 Å². The molecule has 1 aliphatic heterocycles. The van der Waals surface area contributed by atoms with Crippen molar-refractivity contribution in [1.29, 1.82) is 0 Å². The molecule has 2 heterocycles. The highest BCUT2D eigenvalue weighted by Crippen LogP contribution is 2.21. The van der Waals surface area contributed by atoms with Gasteiger partial charge in [-0.25, -0.2) is 4.98 Å². The van der Waals surface area contributed by atoms with E-state index in [1.54, 1.807) is 0 Å². The lowest BCUT2D eigenvalue weighted by Crippen LogP contribution is -2.38. The summed E-state index contributed by atoms with van der Waals surface area (Å²) in [6.07, 6.45) is 3.79. The number of piperidine rings is 1. The second kappa shape index (κ2) is 4.96. The van der Waals surface area contributed by atoms with Crippen LogP contribution in [-0.4, -0.2) is 29.1 Å². The molecule has 1 aliphatic rings. The number of anilines is 1. The van der Waals surface area contributed by atoms with E-state index in [-0.39, 0.29) is 5.28 Å². The number of halogens is 2. The summed E-state index contributed by atoms with van der Waals surface area (Å²) >= 11 is 11.6. The van der Waals surface area contributed by atoms with Crippen LogP contribution in [0.1, 0.15) is 12.8 Å². The lowest BCUT2D eigenvalue weighted by molar-refractivity contribution is 0.479. The van der Waals surface area contributed by atoms with Crippen molar-refractivity contribution in [2.45, 2.75) is 18.9 Å². The van der Waals surface area contributed by atoms with Gasteiger partial charge in [-0.15, -0.1) is 0 Å². The summed E-state index contributed by atoms with van der Waals surface area (Å²) in [7, 11) is 0. The van der Waals surface area contributed by atoms with Crippen LogP contribution in [0.4, 0.5) is 5.82 Å². The second-order valence-corrected chi connectivity index (χ2v) is 4.27. The van der Waals surface area contributed by atoms with Gasteiger partial charge in [0.2, 0.25) is 5.28 Å². The van der Waals surface area contributed by atoms with Crippen molar-refractivity contribution >= 4 is 29.0 Å². The van der Waals surface area contributed by atoms with Crippen LogP contribution in [0.3, 0.4) is 0 Å². The van der Waals surface area contributed by atoms with Crippen LogP contribution in [0.15, 0.2) is 6.20 Å². The number of aromatic nitrogens is 2. The highest BCUT2D eigenvalue weighted by Gasteiger charge is 2.14. The van der Waals surface area contributed by atoms with Gasteiger partial charge in [-0.1, -0.05) is 11.6 Å². The van der Waals surface area contributed by atoms with Gasteiger partial charge in [0.05, 0.1) is 6.20 Å². The molecule has 82 valence electrons. The maximum Gasteiger partial charge on any atom is 0.224 e. The van der Waals surface area contributed by atoms with Gasteiger partial charge in [-0.2, -0.15) is 4.98 Å². The van der Waals surface area contributed by atoms with E-state index in [4.69, 9.17) is 23.2 Å².